The minimum absolute atomic E-state index is 0.242. The minimum atomic E-state index is -0.242. The highest BCUT2D eigenvalue weighted by molar-refractivity contribution is 6.14. The molecule has 0 N–H and O–H groups in total. The number of para-hydroxylation sites is 2. The predicted octanol–water partition coefficient (Wildman–Crippen LogP) is 14.8. The van der Waals surface area contributed by atoms with Crippen LogP contribution in [0.2, 0.25) is 0 Å². The number of halogens is 1. The summed E-state index contributed by atoms with van der Waals surface area (Å²) in [6.45, 7) is 0. The molecule has 0 unspecified atom stereocenters. The number of hydrogen-bond acceptors (Lipinski definition) is 2. The Morgan fingerprint density at radius 1 is 0.411 bits per heavy atom. The zero-order valence-electron chi connectivity index (χ0n) is 30.2. The summed E-state index contributed by atoms with van der Waals surface area (Å²) in [6, 6.07) is 69.1. The van der Waals surface area contributed by atoms with Crippen molar-refractivity contribution in [2.45, 2.75) is 0 Å². The van der Waals surface area contributed by atoms with Crippen molar-refractivity contribution in [3.8, 4) is 27.9 Å². The molecule has 56 heavy (non-hydrogen) atoms. The summed E-state index contributed by atoms with van der Waals surface area (Å²) in [7, 11) is 0. The average molecular weight is 721 g/mol. The Labute approximate surface area is 322 Å². The van der Waals surface area contributed by atoms with Gasteiger partial charge in [-0.1, -0.05) is 115 Å². The normalized spacial score (nSPS) is 11.7. The van der Waals surface area contributed by atoms with Crippen molar-refractivity contribution in [3.63, 3.8) is 0 Å². The molecular formula is C52H33FN2O. The van der Waals surface area contributed by atoms with E-state index in [1.807, 2.05) is 30.3 Å². The molecule has 2 heterocycles. The fourth-order valence-electron chi connectivity index (χ4n) is 8.36. The maximum atomic E-state index is 13.7. The van der Waals surface area contributed by atoms with Gasteiger partial charge in [0, 0.05) is 33.2 Å². The van der Waals surface area contributed by atoms with Crippen LogP contribution in [0.15, 0.2) is 205 Å². The van der Waals surface area contributed by atoms with Gasteiger partial charge in [-0.05, 0) is 118 Å². The lowest BCUT2D eigenvalue weighted by Gasteiger charge is -2.26. The molecule has 0 saturated heterocycles. The Balaban J connectivity index is 1.02. The van der Waals surface area contributed by atoms with E-state index in [9.17, 15) is 4.39 Å². The first kappa shape index (κ1) is 32.0. The number of anilines is 3. The predicted molar refractivity (Wildman–Crippen MR) is 231 cm³/mol. The van der Waals surface area contributed by atoms with Crippen LogP contribution in [-0.4, -0.2) is 4.57 Å². The van der Waals surface area contributed by atoms with E-state index in [2.05, 4.69) is 167 Å². The lowest BCUT2D eigenvalue weighted by Crippen LogP contribution is -2.10. The summed E-state index contributed by atoms with van der Waals surface area (Å²) in [6.07, 6.45) is 0. The maximum Gasteiger partial charge on any atom is 0.137 e. The van der Waals surface area contributed by atoms with Crippen LogP contribution in [0.5, 0.6) is 0 Å². The third kappa shape index (κ3) is 5.26. The Morgan fingerprint density at radius 3 is 1.77 bits per heavy atom. The lowest BCUT2D eigenvalue weighted by atomic mass is 10.0. The van der Waals surface area contributed by atoms with Gasteiger partial charge in [0.2, 0.25) is 0 Å². The van der Waals surface area contributed by atoms with Crippen LogP contribution in [0.4, 0.5) is 21.5 Å². The molecule has 0 spiro atoms. The topological polar surface area (TPSA) is 21.3 Å². The molecule has 0 aliphatic carbocycles. The van der Waals surface area contributed by atoms with Gasteiger partial charge >= 0.3 is 0 Å². The molecule has 0 saturated carbocycles. The third-order valence-electron chi connectivity index (χ3n) is 11.0. The third-order valence-corrected chi connectivity index (χ3v) is 11.0. The van der Waals surface area contributed by atoms with Crippen molar-refractivity contribution in [3.05, 3.63) is 206 Å². The Morgan fingerprint density at radius 2 is 1.00 bits per heavy atom. The number of benzene rings is 9. The SMILES string of the molecule is Fc1ccc(-c2ccc(N(c3ccc(-c4ccc5c(c4)c4ccccc4n5-c4ccc5ccccc5c4)cc3)c3cccc4oc5ccccc5c34)cc2)cc1. The molecule has 0 radical (unpaired) electrons. The molecule has 0 fully saturated rings. The molecule has 4 heteroatoms. The van der Waals surface area contributed by atoms with Crippen molar-refractivity contribution in [2.75, 3.05) is 4.90 Å². The fourth-order valence-corrected chi connectivity index (χ4v) is 8.36. The molecule has 0 amide bonds. The van der Waals surface area contributed by atoms with Crippen molar-refractivity contribution < 1.29 is 8.81 Å². The molecular weight excluding hydrogens is 688 g/mol. The summed E-state index contributed by atoms with van der Waals surface area (Å²) in [5.74, 6) is -0.242. The second-order valence-corrected chi connectivity index (χ2v) is 14.3. The molecule has 3 nitrogen and oxygen atoms in total. The largest absolute Gasteiger partial charge is 0.456 e. The van der Waals surface area contributed by atoms with Crippen LogP contribution in [0.3, 0.4) is 0 Å². The molecule has 264 valence electrons. The van der Waals surface area contributed by atoms with Gasteiger partial charge in [-0.2, -0.15) is 0 Å². The van der Waals surface area contributed by atoms with E-state index >= 15 is 0 Å². The van der Waals surface area contributed by atoms with Gasteiger partial charge in [-0.25, -0.2) is 4.39 Å². The van der Waals surface area contributed by atoms with E-state index in [1.54, 1.807) is 0 Å². The number of nitrogens with zero attached hydrogens (tertiary/aromatic N) is 2. The second-order valence-electron chi connectivity index (χ2n) is 14.3. The lowest BCUT2D eigenvalue weighted by molar-refractivity contribution is 0.628. The molecule has 0 aliphatic rings. The first-order valence-electron chi connectivity index (χ1n) is 18.9. The monoisotopic (exact) mass is 720 g/mol. The summed E-state index contributed by atoms with van der Waals surface area (Å²) >= 11 is 0. The Hall–Kier alpha value is -7.43. The standard InChI is InChI=1S/C52H33FN2O/c53-40-24-16-35(17-25-40)36-18-26-41(27-19-36)54(49-13-7-15-51-52(49)45-11-4-6-14-50(45)56-51)42-28-20-37(21-29-42)39-23-31-48-46(33-39)44-10-3-5-12-47(44)55(48)43-30-22-34-8-1-2-9-38(34)32-43/h1-33H. The van der Waals surface area contributed by atoms with Crippen LogP contribution in [0.25, 0.3) is 82.5 Å². The zero-order valence-corrected chi connectivity index (χ0v) is 30.2. The van der Waals surface area contributed by atoms with Crippen LogP contribution in [-0.2, 0) is 0 Å². The molecule has 11 rings (SSSR count). The maximum absolute atomic E-state index is 13.7. The van der Waals surface area contributed by atoms with Gasteiger partial charge in [0.25, 0.3) is 0 Å². The van der Waals surface area contributed by atoms with Gasteiger partial charge in [-0.3, -0.25) is 0 Å². The quantitative estimate of drug-likeness (QED) is 0.171. The van der Waals surface area contributed by atoms with Crippen LogP contribution in [0, 0.1) is 5.82 Å². The highest BCUT2D eigenvalue weighted by atomic mass is 19.1. The number of fused-ring (bicyclic) bond motifs is 7. The van der Waals surface area contributed by atoms with E-state index in [0.717, 1.165) is 66.9 Å². The highest BCUT2D eigenvalue weighted by Crippen LogP contribution is 2.44. The first-order chi connectivity index (χ1) is 27.7. The minimum Gasteiger partial charge on any atom is -0.456 e. The summed E-state index contributed by atoms with van der Waals surface area (Å²) in [5, 5.41) is 7.03. The van der Waals surface area contributed by atoms with Gasteiger partial charge in [-0.15, -0.1) is 0 Å². The van der Waals surface area contributed by atoms with Crippen molar-refractivity contribution in [1.82, 2.24) is 4.57 Å². The van der Waals surface area contributed by atoms with Crippen molar-refractivity contribution in [2.24, 2.45) is 0 Å². The fraction of sp³-hybridized carbons (Fsp3) is 0. The number of hydrogen-bond donors (Lipinski definition) is 0. The molecule has 2 aromatic heterocycles. The Kier molecular flexibility index (Phi) is 7.36. The summed E-state index contributed by atoms with van der Waals surface area (Å²) in [4.78, 5) is 2.29. The van der Waals surface area contributed by atoms with Crippen LogP contribution in [0.1, 0.15) is 0 Å². The smallest absolute Gasteiger partial charge is 0.137 e. The van der Waals surface area contributed by atoms with Gasteiger partial charge in [0.15, 0.2) is 0 Å². The van der Waals surface area contributed by atoms with Gasteiger partial charge < -0.3 is 13.9 Å². The zero-order chi connectivity index (χ0) is 37.2. The van der Waals surface area contributed by atoms with Gasteiger partial charge in [0.05, 0.1) is 22.1 Å². The van der Waals surface area contributed by atoms with E-state index in [1.165, 1.54) is 44.7 Å². The molecule has 0 atom stereocenters. The number of rotatable bonds is 6. The molecule has 9 aromatic carbocycles. The van der Waals surface area contributed by atoms with E-state index in [-0.39, 0.29) is 5.82 Å². The molecule has 11 aromatic rings. The summed E-state index contributed by atoms with van der Waals surface area (Å²) < 4.78 is 22.4. The molecule has 0 bridgehead atoms. The van der Waals surface area contributed by atoms with Gasteiger partial charge in [0.1, 0.15) is 17.0 Å². The van der Waals surface area contributed by atoms with E-state index in [4.69, 9.17) is 4.42 Å². The Bertz CT molecular complexity index is 3250. The van der Waals surface area contributed by atoms with Crippen molar-refractivity contribution >= 4 is 71.6 Å². The van der Waals surface area contributed by atoms with E-state index in [0.29, 0.717) is 0 Å². The van der Waals surface area contributed by atoms with E-state index < -0.39 is 0 Å². The second kappa shape index (κ2) is 12.9. The molecule has 0 aliphatic heterocycles. The number of furan rings is 1. The van der Waals surface area contributed by atoms with Crippen LogP contribution >= 0.6 is 0 Å². The van der Waals surface area contributed by atoms with Crippen LogP contribution < -0.4 is 4.90 Å². The highest BCUT2D eigenvalue weighted by Gasteiger charge is 2.20. The number of aromatic nitrogens is 1. The first-order valence-corrected chi connectivity index (χ1v) is 18.9. The summed E-state index contributed by atoms with van der Waals surface area (Å²) in [5.41, 5.74) is 12.5. The van der Waals surface area contributed by atoms with Crippen molar-refractivity contribution in [1.29, 1.82) is 0 Å². The average Bonchev–Trinajstić information content (AvgIpc) is 3.80.